The summed E-state index contributed by atoms with van der Waals surface area (Å²) in [5.74, 6) is -0.0869. The monoisotopic (exact) mass is 297 g/mol. The van der Waals surface area contributed by atoms with Gasteiger partial charge >= 0.3 is 0 Å². The molecule has 3 N–H and O–H groups in total. The first-order chi connectivity index (χ1) is 9.08. The van der Waals surface area contributed by atoms with Gasteiger partial charge in [-0.1, -0.05) is 15.7 Å². The van der Waals surface area contributed by atoms with Gasteiger partial charge in [-0.15, -0.1) is 0 Å². The number of sulfonamides is 1. The summed E-state index contributed by atoms with van der Waals surface area (Å²) in [4.78, 5) is 3.98. The van der Waals surface area contributed by atoms with Crippen LogP contribution in [0.2, 0.25) is 0 Å². The average Bonchev–Trinajstić information content (AvgIpc) is 2.94. The van der Waals surface area contributed by atoms with E-state index in [-0.39, 0.29) is 16.0 Å². The highest BCUT2D eigenvalue weighted by molar-refractivity contribution is 7.93. The van der Waals surface area contributed by atoms with E-state index >= 15 is 0 Å². The Kier molecular flexibility index (Phi) is 2.57. The van der Waals surface area contributed by atoms with Crippen LogP contribution in [0, 0.1) is 0 Å². The highest BCUT2D eigenvalue weighted by Crippen LogP contribution is 2.22. The third kappa shape index (κ3) is 1.98. The molecule has 3 aromatic rings. The van der Waals surface area contributed by atoms with Gasteiger partial charge in [-0.3, -0.25) is 9.12 Å². The fraction of sp³-hybridized carbons (Fsp3) is 0. The number of anilines is 2. The van der Waals surface area contributed by atoms with Crippen molar-refractivity contribution in [2.24, 2.45) is 0 Å². The van der Waals surface area contributed by atoms with Gasteiger partial charge in [0.15, 0.2) is 5.82 Å². The van der Waals surface area contributed by atoms with Crippen LogP contribution in [0.1, 0.15) is 0 Å². The summed E-state index contributed by atoms with van der Waals surface area (Å²) in [6, 6.07) is 5.07. The van der Waals surface area contributed by atoms with Gasteiger partial charge in [0.25, 0.3) is 10.0 Å². The molecular weight excluding hydrogens is 290 g/mol. The number of nitrogen functional groups attached to an aromatic ring is 1. The van der Waals surface area contributed by atoms with Gasteiger partial charge in [0.1, 0.15) is 5.65 Å². The lowest BCUT2D eigenvalue weighted by molar-refractivity contribution is 0.597. The second-order valence-corrected chi connectivity index (χ2v) is 5.83. The van der Waals surface area contributed by atoms with Gasteiger partial charge in [0.05, 0.1) is 0 Å². The number of pyridine rings is 1. The number of nitrogens with two attached hydrogens (primary N) is 1. The molecule has 19 heavy (non-hydrogen) atoms. The Hall–Kier alpha value is -2.27. The van der Waals surface area contributed by atoms with Gasteiger partial charge in [0, 0.05) is 17.7 Å². The minimum atomic E-state index is -3.90. The zero-order valence-corrected chi connectivity index (χ0v) is 10.9. The SMILES string of the molecule is Nc1nc2ccccn2c1S(=O)(=O)Nc1nnns1. The quantitative estimate of drug-likeness (QED) is 0.694. The molecule has 3 aromatic heterocycles. The molecule has 0 fully saturated rings. The highest BCUT2D eigenvalue weighted by Gasteiger charge is 2.25. The molecule has 0 radical (unpaired) electrons. The standard InChI is InChI=1S/C8H7N7O2S2/c9-6-7(15-4-2-1-3-5(15)10-6)19(16,17)12-8-11-13-14-18-8/h1-4H,9H2,(H,11,12,14). The van der Waals surface area contributed by atoms with Crippen molar-refractivity contribution >= 4 is 38.2 Å². The lowest BCUT2D eigenvalue weighted by Crippen LogP contribution is -2.16. The van der Waals surface area contributed by atoms with Crippen molar-refractivity contribution in [3.05, 3.63) is 24.4 Å². The summed E-state index contributed by atoms with van der Waals surface area (Å²) < 4.78 is 31.6. The molecule has 0 saturated heterocycles. The molecule has 98 valence electrons. The molecule has 0 aliphatic carbocycles. The molecule has 0 spiro atoms. The molecule has 0 atom stereocenters. The van der Waals surface area contributed by atoms with E-state index in [1.165, 1.54) is 4.40 Å². The van der Waals surface area contributed by atoms with Crippen LogP contribution in [0.15, 0.2) is 29.4 Å². The first-order valence-corrected chi connectivity index (χ1v) is 7.24. The maximum absolute atomic E-state index is 12.3. The van der Waals surface area contributed by atoms with Crippen molar-refractivity contribution in [3.63, 3.8) is 0 Å². The smallest absolute Gasteiger partial charge is 0.283 e. The van der Waals surface area contributed by atoms with Crippen LogP contribution in [0.4, 0.5) is 10.9 Å². The summed E-state index contributed by atoms with van der Waals surface area (Å²) in [5, 5.41) is 6.75. The first-order valence-electron chi connectivity index (χ1n) is 4.98. The van der Waals surface area contributed by atoms with E-state index in [1.807, 2.05) is 0 Å². The van der Waals surface area contributed by atoms with E-state index in [0.717, 1.165) is 11.5 Å². The molecule has 0 saturated carbocycles. The van der Waals surface area contributed by atoms with Gasteiger partial charge in [-0.25, -0.2) is 4.98 Å². The Morgan fingerprint density at radius 3 is 2.95 bits per heavy atom. The Bertz CT molecular complexity index is 824. The maximum Gasteiger partial charge on any atom is 0.283 e. The average molecular weight is 297 g/mol. The highest BCUT2D eigenvalue weighted by atomic mass is 32.2. The Balaban J connectivity index is 2.15. The fourth-order valence-electron chi connectivity index (χ4n) is 1.60. The largest absolute Gasteiger partial charge is 0.381 e. The van der Waals surface area contributed by atoms with Gasteiger partial charge in [0.2, 0.25) is 10.2 Å². The molecule has 0 amide bonds. The number of imidazole rings is 1. The molecular formula is C8H7N7O2S2. The normalized spacial score (nSPS) is 11.8. The number of rotatable bonds is 3. The van der Waals surface area contributed by atoms with E-state index < -0.39 is 10.0 Å². The lowest BCUT2D eigenvalue weighted by Gasteiger charge is -2.04. The van der Waals surface area contributed by atoms with E-state index in [1.54, 1.807) is 24.4 Å². The topological polar surface area (TPSA) is 128 Å². The van der Waals surface area contributed by atoms with Crippen LogP contribution in [0.25, 0.3) is 5.65 Å². The summed E-state index contributed by atoms with van der Waals surface area (Å²) in [6.45, 7) is 0. The zero-order chi connectivity index (χ0) is 13.5. The Morgan fingerprint density at radius 1 is 1.37 bits per heavy atom. The van der Waals surface area contributed by atoms with E-state index in [4.69, 9.17) is 5.73 Å². The molecule has 0 bridgehead atoms. The Labute approximate surface area is 111 Å². The first kappa shape index (κ1) is 11.8. The number of fused-ring (bicyclic) bond motifs is 1. The van der Waals surface area contributed by atoms with E-state index in [0.29, 0.717) is 5.65 Å². The predicted octanol–water partition coefficient (Wildman–Crippen LogP) is -0.0362. The third-order valence-corrected chi connectivity index (χ3v) is 4.30. The molecule has 9 nitrogen and oxygen atoms in total. The zero-order valence-electron chi connectivity index (χ0n) is 9.26. The van der Waals surface area contributed by atoms with Crippen molar-refractivity contribution in [1.29, 1.82) is 0 Å². The van der Waals surface area contributed by atoms with Crippen LogP contribution in [-0.4, -0.2) is 32.6 Å². The second kappa shape index (κ2) is 4.13. The maximum atomic E-state index is 12.3. The molecule has 0 unspecified atom stereocenters. The van der Waals surface area contributed by atoms with Crippen LogP contribution in [0.3, 0.4) is 0 Å². The lowest BCUT2D eigenvalue weighted by atomic mass is 10.5. The van der Waals surface area contributed by atoms with Crippen molar-refractivity contribution in [1.82, 2.24) is 24.2 Å². The van der Waals surface area contributed by atoms with Crippen LogP contribution in [0.5, 0.6) is 0 Å². The minimum absolute atomic E-state index is 0.0604. The molecule has 3 rings (SSSR count). The molecule has 3 heterocycles. The summed E-state index contributed by atoms with van der Waals surface area (Å²) in [6.07, 6.45) is 1.56. The van der Waals surface area contributed by atoms with E-state index in [9.17, 15) is 8.42 Å². The third-order valence-electron chi connectivity index (χ3n) is 2.29. The molecule has 11 heteroatoms. The number of aromatic nitrogens is 5. The molecule has 0 aromatic carbocycles. The second-order valence-electron chi connectivity index (χ2n) is 3.50. The van der Waals surface area contributed by atoms with Crippen molar-refractivity contribution in [3.8, 4) is 0 Å². The van der Waals surface area contributed by atoms with E-state index in [2.05, 4.69) is 24.5 Å². The Morgan fingerprint density at radius 2 is 2.21 bits per heavy atom. The van der Waals surface area contributed by atoms with Gasteiger partial charge in [-0.2, -0.15) is 8.42 Å². The number of hydrogen-bond acceptors (Lipinski definition) is 8. The molecule has 0 aliphatic rings. The minimum Gasteiger partial charge on any atom is -0.381 e. The number of hydrogen-bond donors (Lipinski definition) is 2. The fourth-order valence-corrected chi connectivity index (χ4v) is 3.40. The van der Waals surface area contributed by atoms with Crippen LogP contribution < -0.4 is 10.5 Å². The van der Waals surface area contributed by atoms with Crippen LogP contribution in [-0.2, 0) is 10.0 Å². The van der Waals surface area contributed by atoms with Crippen molar-refractivity contribution in [2.45, 2.75) is 5.03 Å². The number of nitrogens with one attached hydrogen (secondary N) is 1. The summed E-state index contributed by atoms with van der Waals surface area (Å²) in [5.41, 5.74) is 6.11. The predicted molar refractivity (Wildman–Crippen MR) is 68.1 cm³/mol. The summed E-state index contributed by atoms with van der Waals surface area (Å²) in [7, 11) is -3.90. The summed E-state index contributed by atoms with van der Waals surface area (Å²) >= 11 is 0.825. The van der Waals surface area contributed by atoms with Gasteiger partial charge < -0.3 is 5.73 Å². The number of nitrogens with zero attached hydrogens (tertiary/aromatic N) is 5. The van der Waals surface area contributed by atoms with Crippen molar-refractivity contribution in [2.75, 3.05) is 10.5 Å². The molecule has 0 aliphatic heterocycles. The van der Waals surface area contributed by atoms with Crippen molar-refractivity contribution < 1.29 is 8.42 Å². The van der Waals surface area contributed by atoms with Gasteiger partial charge in [-0.05, 0) is 17.3 Å². The van der Waals surface area contributed by atoms with Crippen LogP contribution >= 0.6 is 11.5 Å².